The van der Waals surface area contributed by atoms with Crippen molar-refractivity contribution in [1.29, 1.82) is 0 Å². The van der Waals surface area contributed by atoms with Crippen LogP contribution >= 0.6 is 15.9 Å². The SMILES string of the molecule is BrCc1ccccc1N1CCn2ccnc2C1. The second kappa shape index (κ2) is 4.53. The van der Waals surface area contributed by atoms with Crippen LogP contribution in [0.5, 0.6) is 0 Å². The molecule has 0 saturated heterocycles. The Morgan fingerprint density at radius 3 is 3.00 bits per heavy atom. The third-order valence-corrected chi connectivity index (χ3v) is 3.83. The Hall–Kier alpha value is -1.29. The van der Waals surface area contributed by atoms with Crippen LogP contribution in [0.3, 0.4) is 0 Å². The van der Waals surface area contributed by atoms with E-state index in [1.807, 2.05) is 6.20 Å². The first-order valence-corrected chi connectivity index (χ1v) is 6.89. The lowest BCUT2D eigenvalue weighted by Crippen LogP contribution is -2.34. The van der Waals surface area contributed by atoms with Crippen molar-refractivity contribution in [2.24, 2.45) is 0 Å². The number of alkyl halides is 1. The standard InChI is InChI=1S/C13H14BrN3/c14-9-11-3-1-2-4-12(11)17-8-7-16-6-5-15-13(16)10-17/h1-6H,7-10H2. The van der Waals surface area contributed by atoms with Gasteiger partial charge >= 0.3 is 0 Å². The van der Waals surface area contributed by atoms with Crippen LogP contribution in [0.2, 0.25) is 0 Å². The second-order valence-corrected chi connectivity index (χ2v) is 4.78. The fourth-order valence-electron chi connectivity index (χ4n) is 2.31. The number of para-hydroxylation sites is 1. The molecule has 0 amide bonds. The van der Waals surface area contributed by atoms with Crippen molar-refractivity contribution in [2.45, 2.75) is 18.4 Å². The van der Waals surface area contributed by atoms with E-state index in [1.165, 1.54) is 11.3 Å². The van der Waals surface area contributed by atoms with E-state index in [0.717, 1.165) is 30.8 Å². The Morgan fingerprint density at radius 2 is 2.12 bits per heavy atom. The van der Waals surface area contributed by atoms with Gasteiger partial charge in [-0.05, 0) is 11.6 Å². The van der Waals surface area contributed by atoms with Gasteiger partial charge in [0.05, 0.1) is 6.54 Å². The van der Waals surface area contributed by atoms with Crippen molar-refractivity contribution in [3.05, 3.63) is 48.0 Å². The van der Waals surface area contributed by atoms with Crippen LogP contribution in [0.25, 0.3) is 0 Å². The van der Waals surface area contributed by atoms with Crippen molar-refractivity contribution in [2.75, 3.05) is 11.4 Å². The lowest BCUT2D eigenvalue weighted by atomic mass is 10.1. The van der Waals surface area contributed by atoms with Crippen LogP contribution < -0.4 is 4.90 Å². The van der Waals surface area contributed by atoms with Gasteiger partial charge in [-0.25, -0.2) is 4.98 Å². The number of hydrogen-bond acceptors (Lipinski definition) is 2. The van der Waals surface area contributed by atoms with Gasteiger partial charge in [0, 0.05) is 36.5 Å². The molecule has 3 rings (SSSR count). The summed E-state index contributed by atoms with van der Waals surface area (Å²) < 4.78 is 2.23. The second-order valence-electron chi connectivity index (χ2n) is 4.22. The van der Waals surface area contributed by atoms with E-state index >= 15 is 0 Å². The third-order valence-electron chi connectivity index (χ3n) is 3.22. The van der Waals surface area contributed by atoms with Crippen molar-refractivity contribution in [3.8, 4) is 0 Å². The van der Waals surface area contributed by atoms with Gasteiger partial charge in [0.15, 0.2) is 0 Å². The zero-order valence-corrected chi connectivity index (χ0v) is 11.1. The highest BCUT2D eigenvalue weighted by Gasteiger charge is 2.18. The summed E-state index contributed by atoms with van der Waals surface area (Å²) in [6.45, 7) is 2.97. The summed E-state index contributed by atoms with van der Waals surface area (Å²) in [5, 5.41) is 0.897. The molecule has 2 aromatic rings. The monoisotopic (exact) mass is 291 g/mol. The number of hydrogen-bond donors (Lipinski definition) is 0. The van der Waals surface area contributed by atoms with Crippen molar-refractivity contribution in [1.82, 2.24) is 9.55 Å². The van der Waals surface area contributed by atoms with E-state index in [-0.39, 0.29) is 0 Å². The van der Waals surface area contributed by atoms with Crippen LogP contribution in [0.1, 0.15) is 11.4 Å². The summed E-state index contributed by atoms with van der Waals surface area (Å²) >= 11 is 3.55. The zero-order chi connectivity index (χ0) is 11.7. The number of benzene rings is 1. The Labute approximate surface area is 109 Å². The molecule has 1 aromatic carbocycles. The van der Waals surface area contributed by atoms with Crippen molar-refractivity contribution in [3.63, 3.8) is 0 Å². The lowest BCUT2D eigenvalue weighted by Gasteiger charge is -2.31. The number of anilines is 1. The van der Waals surface area contributed by atoms with Gasteiger partial charge in [-0.15, -0.1) is 0 Å². The van der Waals surface area contributed by atoms with E-state index in [2.05, 4.69) is 60.8 Å². The molecule has 1 aliphatic rings. The molecule has 0 fully saturated rings. The number of fused-ring (bicyclic) bond motifs is 1. The Balaban J connectivity index is 1.91. The Kier molecular flexibility index (Phi) is 2.89. The lowest BCUT2D eigenvalue weighted by molar-refractivity contribution is 0.559. The van der Waals surface area contributed by atoms with E-state index in [9.17, 15) is 0 Å². The Morgan fingerprint density at radius 1 is 1.24 bits per heavy atom. The molecule has 1 aliphatic heterocycles. The minimum absolute atomic E-state index is 0.897. The van der Waals surface area contributed by atoms with Crippen LogP contribution in [0.4, 0.5) is 5.69 Å². The molecular formula is C13H14BrN3. The molecule has 0 aliphatic carbocycles. The van der Waals surface area contributed by atoms with Gasteiger partial charge in [-0.1, -0.05) is 34.1 Å². The molecule has 88 valence electrons. The average Bonchev–Trinajstić information content (AvgIpc) is 2.85. The van der Waals surface area contributed by atoms with E-state index in [1.54, 1.807) is 0 Å². The van der Waals surface area contributed by atoms with Gasteiger partial charge < -0.3 is 9.47 Å². The summed E-state index contributed by atoms with van der Waals surface area (Å²) in [7, 11) is 0. The van der Waals surface area contributed by atoms with Crippen molar-refractivity contribution >= 4 is 21.6 Å². The predicted octanol–water partition coefficient (Wildman–Crippen LogP) is 2.80. The minimum Gasteiger partial charge on any atom is -0.362 e. The molecule has 3 nitrogen and oxygen atoms in total. The molecule has 0 radical (unpaired) electrons. The zero-order valence-electron chi connectivity index (χ0n) is 9.51. The predicted molar refractivity (Wildman–Crippen MR) is 72.4 cm³/mol. The molecular weight excluding hydrogens is 278 g/mol. The first-order valence-electron chi connectivity index (χ1n) is 5.77. The van der Waals surface area contributed by atoms with Crippen LogP contribution in [-0.4, -0.2) is 16.1 Å². The highest BCUT2D eigenvalue weighted by atomic mass is 79.9. The first-order chi connectivity index (χ1) is 8.38. The number of imidazole rings is 1. The average molecular weight is 292 g/mol. The molecule has 0 bridgehead atoms. The van der Waals surface area contributed by atoms with Crippen LogP contribution in [0.15, 0.2) is 36.7 Å². The van der Waals surface area contributed by atoms with Crippen LogP contribution in [-0.2, 0) is 18.4 Å². The van der Waals surface area contributed by atoms with Gasteiger partial charge in [-0.3, -0.25) is 0 Å². The summed E-state index contributed by atoms with van der Waals surface area (Å²) in [4.78, 5) is 6.80. The van der Waals surface area contributed by atoms with E-state index in [4.69, 9.17) is 0 Å². The van der Waals surface area contributed by atoms with Gasteiger partial charge in [0.25, 0.3) is 0 Å². The van der Waals surface area contributed by atoms with Gasteiger partial charge in [0.1, 0.15) is 5.82 Å². The molecule has 0 spiro atoms. The van der Waals surface area contributed by atoms with Crippen LogP contribution in [0, 0.1) is 0 Å². The largest absolute Gasteiger partial charge is 0.362 e. The first kappa shape index (κ1) is 10.8. The maximum Gasteiger partial charge on any atom is 0.128 e. The molecule has 17 heavy (non-hydrogen) atoms. The molecule has 0 unspecified atom stereocenters. The van der Waals surface area contributed by atoms with E-state index < -0.39 is 0 Å². The number of aromatic nitrogens is 2. The van der Waals surface area contributed by atoms with Gasteiger partial charge in [-0.2, -0.15) is 0 Å². The Bertz CT molecular complexity index is 521. The summed E-state index contributed by atoms with van der Waals surface area (Å²) in [6.07, 6.45) is 3.94. The molecule has 4 heteroatoms. The molecule has 1 aromatic heterocycles. The normalized spacial score (nSPS) is 14.8. The maximum absolute atomic E-state index is 4.40. The maximum atomic E-state index is 4.40. The topological polar surface area (TPSA) is 21.1 Å². The molecule has 0 N–H and O–H groups in total. The number of halogens is 1. The number of nitrogens with zero attached hydrogens (tertiary/aromatic N) is 3. The molecule has 0 atom stereocenters. The summed E-state index contributed by atoms with van der Waals surface area (Å²) in [5.74, 6) is 1.15. The minimum atomic E-state index is 0.897. The van der Waals surface area contributed by atoms with Gasteiger partial charge in [0.2, 0.25) is 0 Å². The molecule has 0 saturated carbocycles. The summed E-state index contributed by atoms with van der Waals surface area (Å²) in [5.41, 5.74) is 2.66. The highest BCUT2D eigenvalue weighted by molar-refractivity contribution is 9.08. The number of rotatable bonds is 2. The fraction of sp³-hybridized carbons (Fsp3) is 0.308. The quantitative estimate of drug-likeness (QED) is 0.794. The van der Waals surface area contributed by atoms with E-state index in [0.29, 0.717) is 0 Å². The molecule has 2 heterocycles. The smallest absolute Gasteiger partial charge is 0.128 e. The highest BCUT2D eigenvalue weighted by Crippen LogP contribution is 2.25. The fourth-order valence-corrected chi connectivity index (χ4v) is 2.79. The summed E-state index contributed by atoms with van der Waals surface area (Å²) in [6, 6.07) is 8.55. The third kappa shape index (κ3) is 1.97. The van der Waals surface area contributed by atoms with Crippen molar-refractivity contribution < 1.29 is 0 Å².